The van der Waals surface area contributed by atoms with Gasteiger partial charge in [0.2, 0.25) is 11.8 Å². The lowest BCUT2D eigenvalue weighted by Gasteiger charge is -2.31. The summed E-state index contributed by atoms with van der Waals surface area (Å²) in [5, 5.41) is 0. The van der Waals surface area contributed by atoms with Crippen molar-refractivity contribution in [2.24, 2.45) is 5.92 Å². The van der Waals surface area contributed by atoms with Crippen LogP contribution in [0.25, 0.3) is 0 Å². The molecule has 1 aliphatic carbocycles. The number of hydrogen-bond donors (Lipinski definition) is 0. The molecule has 1 heterocycles. The van der Waals surface area contributed by atoms with Crippen molar-refractivity contribution in [3.05, 3.63) is 59.5 Å². The fourth-order valence-corrected chi connectivity index (χ4v) is 4.20. The average molecular weight is 411 g/mol. The zero-order valence-electron chi connectivity index (χ0n) is 18.3. The molecule has 5 heteroatoms. The van der Waals surface area contributed by atoms with Crippen LogP contribution in [0.2, 0.25) is 0 Å². The van der Waals surface area contributed by atoms with E-state index in [-0.39, 0.29) is 24.3 Å². The van der Waals surface area contributed by atoms with E-state index < -0.39 is 0 Å². The molecule has 30 heavy (non-hydrogen) atoms. The summed E-state index contributed by atoms with van der Waals surface area (Å²) in [6.07, 6.45) is 6.19. The molecule has 0 aliphatic heterocycles. The minimum atomic E-state index is -0.0366. The third-order valence-corrected chi connectivity index (χ3v) is 5.80. The van der Waals surface area contributed by atoms with Crippen molar-refractivity contribution in [1.82, 2.24) is 9.80 Å². The standard InChI is InChI=1S/C25H34N2O3/c1-3-16-26(25(29)22-12-8-5-9-13-22)19-24(28)27(17-21-10-6-4-7-11-21)18-23-15-14-20(2)30-23/h4,6-7,10-11,14-15,22H,3,5,8-9,12-13,16-19H2,1-2H3. The van der Waals surface area contributed by atoms with Crippen molar-refractivity contribution in [1.29, 1.82) is 0 Å². The second-order valence-electron chi connectivity index (χ2n) is 8.34. The predicted molar refractivity (Wildman–Crippen MR) is 118 cm³/mol. The van der Waals surface area contributed by atoms with Gasteiger partial charge in [0.15, 0.2) is 0 Å². The summed E-state index contributed by atoms with van der Waals surface area (Å²) in [7, 11) is 0. The fourth-order valence-electron chi connectivity index (χ4n) is 4.20. The lowest BCUT2D eigenvalue weighted by atomic mass is 9.88. The molecule has 0 N–H and O–H groups in total. The molecule has 0 saturated heterocycles. The number of hydrogen-bond acceptors (Lipinski definition) is 3. The van der Waals surface area contributed by atoms with Gasteiger partial charge in [0.1, 0.15) is 11.5 Å². The van der Waals surface area contributed by atoms with Crippen molar-refractivity contribution in [2.45, 2.75) is 65.5 Å². The molecule has 162 valence electrons. The number of carbonyl (C=O) groups excluding carboxylic acids is 2. The number of benzene rings is 1. The van der Waals surface area contributed by atoms with Gasteiger partial charge in [-0.15, -0.1) is 0 Å². The summed E-state index contributed by atoms with van der Waals surface area (Å²) in [5.74, 6) is 1.78. The summed E-state index contributed by atoms with van der Waals surface area (Å²) in [4.78, 5) is 30.0. The highest BCUT2D eigenvalue weighted by Crippen LogP contribution is 2.25. The first-order valence-corrected chi connectivity index (χ1v) is 11.2. The molecule has 2 aromatic rings. The highest BCUT2D eigenvalue weighted by atomic mass is 16.3. The summed E-state index contributed by atoms with van der Waals surface area (Å²) >= 11 is 0. The van der Waals surface area contributed by atoms with Crippen LogP contribution in [0.4, 0.5) is 0 Å². The first-order chi connectivity index (χ1) is 14.6. The van der Waals surface area contributed by atoms with E-state index in [4.69, 9.17) is 4.42 Å². The zero-order valence-corrected chi connectivity index (χ0v) is 18.3. The van der Waals surface area contributed by atoms with Gasteiger partial charge in [-0.1, -0.05) is 56.5 Å². The lowest BCUT2D eigenvalue weighted by molar-refractivity contribution is -0.144. The molecule has 0 atom stereocenters. The minimum Gasteiger partial charge on any atom is -0.464 e. The second kappa shape index (κ2) is 11.0. The second-order valence-corrected chi connectivity index (χ2v) is 8.34. The molecule has 1 aromatic heterocycles. The van der Waals surface area contributed by atoms with Gasteiger partial charge in [-0.2, -0.15) is 0 Å². The first kappa shape index (κ1) is 22.1. The summed E-state index contributed by atoms with van der Waals surface area (Å²) in [6, 6.07) is 13.8. The van der Waals surface area contributed by atoms with E-state index in [1.54, 1.807) is 9.80 Å². The monoisotopic (exact) mass is 410 g/mol. The first-order valence-electron chi connectivity index (χ1n) is 11.2. The van der Waals surface area contributed by atoms with Crippen molar-refractivity contribution >= 4 is 11.8 Å². The normalized spacial score (nSPS) is 14.5. The van der Waals surface area contributed by atoms with Crippen molar-refractivity contribution in [3.63, 3.8) is 0 Å². The smallest absolute Gasteiger partial charge is 0.242 e. The number of aryl methyl sites for hydroxylation is 1. The molecule has 5 nitrogen and oxygen atoms in total. The Balaban J connectivity index is 1.72. The van der Waals surface area contributed by atoms with Crippen LogP contribution in [0, 0.1) is 12.8 Å². The van der Waals surface area contributed by atoms with Crippen LogP contribution in [0.5, 0.6) is 0 Å². The Morgan fingerprint density at radius 3 is 2.33 bits per heavy atom. The number of rotatable bonds is 9. The molecule has 0 bridgehead atoms. The molecular weight excluding hydrogens is 376 g/mol. The summed E-state index contributed by atoms with van der Waals surface area (Å²) in [6.45, 7) is 5.61. The Kier molecular flexibility index (Phi) is 8.12. The van der Waals surface area contributed by atoms with E-state index in [0.29, 0.717) is 19.6 Å². The Bertz CT molecular complexity index is 809. The largest absolute Gasteiger partial charge is 0.464 e. The van der Waals surface area contributed by atoms with Crippen LogP contribution >= 0.6 is 0 Å². The molecule has 1 aromatic carbocycles. The van der Waals surface area contributed by atoms with E-state index in [1.165, 1.54) is 6.42 Å². The Hall–Kier alpha value is -2.56. The predicted octanol–water partition coefficient (Wildman–Crippen LogP) is 4.94. The quantitative estimate of drug-likeness (QED) is 0.589. The molecular formula is C25H34N2O3. The maximum Gasteiger partial charge on any atom is 0.242 e. The van der Waals surface area contributed by atoms with E-state index in [1.807, 2.05) is 49.4 Å². The molecule has 3 rings (SSSR count). The summed E-state index contributed by atoms with van der Waals surface area (Å²) in [5.41, 5.74) is 1.06. The van der Waals surface area contributed by atoms with Gasteiger partial charge in [-0.25, -0.2) is 0 Å². The third-order valence-electron chi connectivity index (χ3n) is 5.80. The molecule has 1 aliphatic rings. The topological polar surface area (TPSA) is 53.8 Å². The number of carbonyl (C=O) groups is 2. The highest BCUT2D eigenvalue weighted by molar-refractivity contribution is 5.86. The van der Waals surface area contributed by atoms with Crippen LogP contribution < -0.4 is 0 Å². The van der Waals surface area contributed by atoms with E-state index >= 15 is 0 Å². The van der Waals surface area contributed by atoms with Crippen LogP contribution in [-0.2, 0) is 22.7 Å². The number of nitrogens with zero attached hydrogens (tertiary/aromatic N) is 2. The minimum absolute atomic E-state index is 0.0366. The fraction of sp³-hybridized carbons (Fsp3) is 0.520. The van der Waals surface area contributed by atoms with Gasteiger partial charge in [0.05, 0.1) is 13.1 Å². The Morgan fingerprint density at radius 2 is 1.70 bits per heavy atom. The zero-order chi connectivity index (χ0) is 21.3. The van der Waals surface area contributed by atoms with Gasteiger partial charge >= 0.3 is 0 Å². The molecule has 0 radical (unpaired) electrons. The highest BCUT2D eigenvalue weighted by Gasteiger charge is 2.28. The maximum atomic E-state index is 13.3. The van der Waals surface area contributed by atoms with Crippen LogP contribution in [0.1, 0.15) is 62.5 Å². The average Bonchev–Trinajstić information content (AvgIpc) is 3.18. The SMILES string of the molecule is CCCN(CC(=O)N(Cc1ccccc1)Cc1ccc(C)o1)C(=O)C1CCCCC1. The Morgan fingerprint density at radius 1 is 0.967 bits per heavy atom. The van der Waals surface area contributed by atoms with Crippen LogP contribution in [-0.4, -0.2) is 34.7 Å². The number of furan rings is 1. The maximum absolute atomic E-state index is 13.3. The molecule has 1 fully saturated rings. The van der Waals surface area contributed by atoms with Gasteiger partial charge in [0.25, 0.3) is 0 Å². The van der Waals surface area contributed by atoms with Crippen LogP contribution in [0.3, 0.4) is 0 Å². The van der Waals surface area contributed by atoms with E-state index in [9.17, 15) is 9.59 Å². The van der Waals surface area contributed by atoms with Crippen LogP contribution in [0.15, 0.2) is 46.9 Å². The molecule has 2 amide bonds. The van der Waals surface area contributed by atoms with E-state index in [0.717, 1.165) is 49.2 Å². The van der Waals surface area contributed by atoms with Crippen molar-refractivity contribution in [2.75, 3.05) is 13.1 Å². The van der Waals surface area contributed by atoms with E-state index in [2.05, 4.69) is 6.92 Å². The molecule has 1 saturated carbocycles. The van der Waals surface area contributed by atoms with Gasteiger partial charge in [0, 0.05) is 19.0 Å². The van der Waals surface area contributed by atoms with Crippen molar-refractivity contribution in [3.8, 4) is 0 Å². The Labute approximate surface area is 180 Å². The van der Waals surface area contributed by atoms with Gasteiger partial charge in [-0.3, -0.25) is 9.59 Å². The van der Waals surface area contributed by atoms with Gasteiger partial charge < -0.3 is 14.2 Å². The van der Waals surface area contributed by atoms with Gasteiger partial charge in [-0.05, 0) is 43.9 Å². The number of amides is 2. The summed E-state index contributed by atoms with van der Waals surface area (Å²) < 4.78 is 5.72. The third kappa shape index (κ3) is 6.22. The molecule has 0 unspecified atom stereocenters. The van der Waals surface area contributed by atoms with Crippen molar-refractivity contribution < 1.29 is 14.0 Å². The molecule has 0 spiro atoms. The lowest BCUT2D eigenvalue weighted by Crippen LogP contribution is -2.45.